The molecule has 0 aromatic carbocycles. The molecule has 78 valence electrons. The molecule has 1 saturated heterocycles. The van der Waals surface area contributed by atoms with Crippen molar-refractivity contribution >= 4 is 0 Å². The number of rotatable bonds is 3. The molecule has 0 aromatic rings. The fourth-order valence-corrected chi connectivity index (χ4v) is 2.54. The average Bonchev–Trinajstić information content (AvgIpc) is 2.26. The molecule has 0 amide bonds. The molecule has 1 heteroatoms. The van der Waals surface area contributed by atoms with E-state index in [4.69, 9.17) is 0 Å². The van der Waals surface area contributed by atoms with E-state index in [1.165, 1.54) is 45.2 Å². The average molecular weight is 191 g/mol. The molecule has 1 nitrogen and oxygen atoms in total. The van der Waals surface area contributed by atoms with Crippen LogP contribution in [0.5, 0.6) is 0 Å². The first-order chi connectivity index (χ1) is 6.92. The summed E-state index contributed by atoms with van der Waals surface area (Å²) in [4.78, 5) is 2.61. The van der Waals surface area contributed by atoms with Crippen LogP contribution in [0.25, 0.3) is 0 Å². The van der Waals surface area contributed by atoms with Gasteiger partial charge < -0.3 is 4.90 Å². The Morgan fingerprint density at radius 3 is 3.29 bits per heavy atom. The van der Waals surface area contributed by atoms with Gasteiger partial charge in [0, 0.05) is 24.7 Å². The van der Waals surface area contributed by atoms with Crippen LogP contribution >= 0.6 is 0 Å². The second-order valence-electron chi connectivity index (χ2n) is 4.44. The molecule has 0 saturated carbocycles. The molecule has 0 bridgehead atoms. The first-order valence-electron chi connectivity index (χ1n) is 6.03. The topological polar surface area (TPSA) is 3.24 Å². The lowest BCUT2D eigenvalue weighted by molar-refractivity contribution is 0.237. The van der Waals surface area contributed by atoms with Crippen molar-refractivity contribution in [2.24, 2.45) is 5.92 Å². The summed E-state index contributed by atoms with van der Waals surface area (Å²) in [6.45, 7) is 4.83. The first kappa shape index (κ1) is 9.82. The zero-order valence-electron chi connectivity index (χ0n) is 9.21. The van der Waals surface area contributed by atoms with Crippen molar-refractivity contribution in [1.82, 2.24) is 4.90 Å². The van der Waals surface area contributed by atoms with E-state index in [2.05, 4.69) is 30.1 Å². The van der Waals surface area contributed by atoms with Gasteiger partial charge in [0.15, 0.2) is 0 Å². The van der Waals surface area contributed by atoms with Gasteiger partial charge in [0.2, 0.25) is 0 Å². The number of hydrogen-bond donors (Lipinski definition) is 0. The predicted molar refractivity (Wildman–Crippen MR) is 61.0 cm³/mol. The van der Waals surface area contributed by atoms with E-state index < -0.39 is 0 Å². The number of fused-ring (bicyclic) bond motifs is 1. The maximum atomic E-state index is 2.61. The molecule has 0 aromatic heterocycles. The van der Waals surface area contributed by atoms with Gasteiger partial charge in [-0.25, -0.2) is 0 Å². The number of unbranched alkanes of at least 4 members (excludes halogenated alkanes) is 1. The molecule has 1 aliphatic carbocycles. The smallest absolute Gasteiger partial charge is 0.0175 e. The molecule has 0 N–H and O–H groups in total. The summed E-state index contributed by atoms with van der Waals surface area (Å²) in [6.07, 6.45) is 13.6. The maximum absolute atomic E-state index is 2.61. The van der Waals surface area contributed by atoms with Crippen LogP contribution < -0.4 is 0 Å². The summed E-state index contributed by atoms with van der Waals surface area (Å²) in [7, 11) is 0. The third-order valence-corrected chi connectivity index (χ3v) is 3.37. The van der Waals surface area contributed by atoms with Crippen molar-refractivity contribution in [3.8, 4) is 0 Å². The summed E-state index contributed by atoms with van der Waals surface area (Å²) in [5, 5.41) is 0. The van der Waals surface area contributed by atoms with Crippen LogP contribution in [0.1, 0.15) is 39.0 Å². The van der Waals surface area contributed by atoms with Crippen LogP contribution in [-0.2, 0) is 0 Å². The van der Waals surface area contributed by atoms with Crippen molar-refractivity contribution in [2.75, 3.05) is 13.1 Å². The molecule has 2 rings (SSSR count). The second kappa shape index (κ2) is 4.68. The Morgan fingerprint density at radius 1 is 1.50 bits per heavy atom. The van der Waals surface area contributed by atoms with Gasteiger partial charge in [-0.3, -0.25) is 0 Å². The number of nitrogens with zero attached hydrogens (tertiary/aromatic N) is 1. The number of allylic oxidation sites excluding steroid dienone is 4. The largest absolute Gasteiger partial charge is 0.375 e. The minimum atomic E-state index is 0.839. The standard InChI is InChI=1S/C13H21N/c1-2-3-10-14-11-6-8-12-7-4-5-9-13(12)14/h4-5,9,12H,2-3,6-8,10-11H2,1H3. The van der Waals surface area contributed by atoms with Crippen LogP contribution in [0.15, 0.2) is 23.9 Å². The van der Waals surface area contributed by atoms with Crippen molar-refractivity contribution < 1.29 is 0 Å². The Labute approximate surface area is 87.5 Å². The van der Waals surface area contributed by atoms with E-state index >= 15 is 0 Å². The van der Waals surface area contributed by atoms with Gasteiger partial charge in [-0.2, -0.15) is 0 Å². The van der Waals surface area contributed by atoms with Crippen LogP contribution in [0.3, 0.4) is 0 Å². The van der Waals surface area contributed by atoms with Crippen LogP contribution in [0.4, 0.5) is 0 Å². The van der Waals surface area contributed by atoms with Crippen LogP contribution in [-0.4, -0.2) is 18.0 Å². The van der Waals surface area contributed by atoms with Crippen molar-refractivity contribution in [3.63, 3.8) is 0 Å². The van der Waals surface area contributed by atoms with E-state index in [1.807, 2.05) is 0 Å². The van der Waals surface area contributed by atoms with Gasteiger partial charge in [0.05, 0.1) is 0 Å². The Hall–Kier alpha value is -0.720. The third kappa shape index (κ3) is 2.02. The fraction of sp³-hybridized carbons (Fsp3) is 0.692. The molecule has 1 fully saturated rings. The fourth-order valence-electron chi connectivity index (χ4n) is 2.54. The lowest BCUT2D eigenvalue weighted by Crippen LogP contribution is -2.34. The van der Waals surface area contributed by atoms with Crippen LogP contribution in [0, 0.1) is 5.92 Å². The van der Waals surface area contributed by atoms with Crippen molar-refractivity contribution in [2.45, 2.75) is 39.0 Å². The number of piperidine rings is 1. The Balaban J connectivity index is 2.00. The van der Waals surface area contributed by atoms with Gasteiger partial charge in [0.1, 0.15) is 0 Å². The van der Waals surface area contributed by atoms with E-state index in [0.29, 0.717) is 0 Å². The predicted octanol–water partition coefficient (Wildman–Crippen LogP) is 3.34. The summed E-state index contributed by atoms with van der Waals surface area (Å²) in [5.74, 6) is 0.839. The summed E-state index contributed by atoms with van der Waals surface area (Å²) >= 11 is 0. The molecular formula is C13H21N. The highest BCUT2D eigenvalue weighted by atomic mass is 15.1. The minimum Gasteiger partial charge on any atom is -0.375 e. The van der Waals surface area contributed by atoms with Gasteiger partial charge in [-0.05, 0) is 31.8 Å². The van der Waals surface area contributed by atoms with Gasteiger partial charge in [0.25, 0.3) is 0 Å². The van der Waals surface area contributed by atoms with Crippen LogP contribution in [0.2, 0.25) is 0 Å². The van der Waals surface area contributed by atoms with E-state index in [9.17, 15) is 0 Å². The van der Waals surface area contributed by atoms with Gasteiger partial charge in [-0.1, -0.05) is 25.5 Å². The Bertz CT molecular complexity index is 240. The monoisotopic (exact) mass is 191 g/mol. The molecular weight excluding hydrogens is 170 g/mol. The minimum absolute atomic E-state index is 0.839. The molecule has 0 radical (unpaired) electrons. The highest BCUT2D eigenvalue weighted by Crippen LogP contribution is 2.32. The molecule has 1 aliphatic heterocycles. The van der Waals surface area contributed by atoms with Gasteiger partial charge in [-0.15, -0.1) is 0 Å². The second-order valence-corrected chi connectivity index (χ2v) is 4.44. The molecule has 0 spiro atoms. The normalized spacial score (nSPS) is 25.9. The first-order valence-corrected chi connectivity index (χ1v) is 6.03. The summed E-state index contributed by atoms with van der Waals surface area (Å²) in [6, 6.07) is 0. The highest BCUT2D eigenvalue weighted by molar-refractivity contribution is 5.21. The quantitative estimate of drug-likeness (QED) is 0.661. The zero-order chi connectivity index (χ0) is 9.80. The molecule has 14 heavy (non-hydrogen) atoms. The molecule has 1 atom stereocenters. The van der Waals surface area contributed by atoms with E-state index in [-0.39, 0.29) is 0 Å². The molecule has 1 heterocycles. The molecule has 1 unspecified atom stereocenters. The lowest BCUT2D eigenvalue weighted by Gasteiger charge is -2.38. The van der Waals surface area contributed by atoms with Crippen molar-refractivity contribution in [1.29, 1.82) is 0 Å². The Morgan fingerprint density at radius 2 is 2.43 bits per heavy atom. The third-order valence-electron chi connectivity index (χ3n) is 3.37. The number of hydrogen-bond acceptors (Lipinski definition) is 1. The zero-order valence-corrected chi connectivity index (χ0v) is 9.21. The number of likely N-dealkylation sites (tertiary alicyclic amines) is 1. The lowest BCUT2D eigenvalue weighted by atomic mass is 9.88. The van der Waals surface area contributed by atoms with E-state index in [0.717, 1.165) is 5.92 Å². The van der Waals surface area contributed by atoms with E-state index in [1.54, 1.807) is 5.70 Å². The maximum Gasteiger partial charge on any atom is 0.0175 e. The summed E-state index contributed by atoms with van der Waals surface area (Å²) < 4.78 is 0. The molecule has 2 aliphatic rings. The SMILES string of the molecule is CCCCN1CCCC2CC=CC=C21. The Kier molecular flexibility index (Phi) is 3.28. The highest BCUT2D eigenvalue weighted by Gasteiger charge is 2.24. The summed E-state index contributed by atoms with van der Waals surface area (Å²) in [5.41, 5.74) is 1.62. The van der Waals surface area contributed by atoms with Crippen molar-refractivity contribution in [3.05, 3.63) is 23.9 Å². The van der Waals surface area contributed by atoms with Gasteiger partial charge >= 0.3 is 0 Å².